The SMILES string of the molecule is O=C(Cc1ccc(Cl)cc1)NC(Cc1c[nH]c2ccccc12)C(=O)NCc1ccc(Cl)cc1. The maximum Gasteiger partial charge on any atom is 0.243 e. The number of rotatable bonds is 8. The highest BCUT2D eigenvalue weighted by Crippen LogP contribution is 2.19. The van der Waals surface area contributed by atoms with Crippen molar-refractivity contribution < 1.29 is 9.59 Å². The molecule has 5 nitrogen and oxygen atoms in total. The van der Waals surface area contributed by atoms with Gasteiger partial charge < -0.3 is 15.6 Å². The second-order valence-corrected chi connectivity index (χ2v) is 8.70. The molecule has 1 atom stereocenters. The van der Waals surface area contributed by atoms with Crippen molar-refractivity contribution in [1.29, 1.82) is 0 Å². The zero-order valence-corrected chi connectivity index (χ0v) is 19.3. The summed E-state index contributed by atoms with van der Waals surface area (Å²) in [5.74, 6) is -0.483. The van der Waals surface area contributed by atoms with E-state index in [1.54, 1.807) is 36.4 Å². The van der Waals surface area contributed by atoms with Crippen LogP contribution in [0.1, 0.15) is 16.7 Å². The van der Waals surface area contributed by atoms with Crippen LogP contribution in [0.2, 0.25) is 10.0 Å². The molecule has 3 N–H and O–H groups in total. The van der Waals surface area contributed by atoms with Crippen LogP contribution in [0.15, 0.2) is 79.0 Å². The van der Waals surface area contributed by atoms with Gasteiger partial charge in [0, 0.05) is 40.1 Å². The molecule has 0 aliphatic heterocycles. The monoisotopic (exact) mass is 479 g/mol. The molecule has 168 valence electrons. The highest BCUT2D eigenvalue weighted by molar-refractivity contribution is 6.30. The van der Waals surface area contributed by atoms with Gasteiger partial charge in [-0.3, -0.25) is 9.59 Å². The molecule has 0 bridgehead atoms. The van der Waals surface area contributed by atoms with E-state index in [0.717, 1.165) is 27.6 Å². The van der Waals surface area contributed by atoms with Crippen molar-refractivity contribution in [1.82, 2.24) is 15.6 Å². The van der Waals surface area contributed by atoms with Gasteiger partial charge in [-0.05, 0) is 47.0 Å². The first-order valence-electron chi connectivity index (χ1n) is 10.6. The van der Waals surface area contributed by atoms with Gasteiger partial charge in [0.25, 0.3) is 0 Å². The van der Waals surface area contributed by atoms with E-state index in [1.807, 2.05) is 42.6 Å². The van der Waals surface area contributed by atoms with Crippen molar-refractivity contribution in [2.45, 2.75) is 25.4 Å². The summed E-state index contributed by atoms with van der Waals surface area (Å²) in [6.07, 6.45) is 2.41. The van der Waals surface area contributed by atoms with Crippen LogP contribution in [0.3, 0.4) is 0 Å². The second-order valence-electron chi connectivity index (χ2n) is 7.83. The van der Waals surface area contributed by atoms with Crippen LogP contribution in [0.5, 0.6) is 0 Å². The molecule has 2 amide bonds. The number of hydrogen-bond donors (Lipinski definition) is 3. The lowest BCUT2D eigenvalue weighted by Crippen LogP contribution is -2.48. The lowest BCUT2D eigenvalue weighted by molar-refractivity contribution is -0.128. The number of hydrogen-bond acceptors (Lipinski definition) is 2. The largest absolute Gasteiger partial charge is 0.361 e. The van der Waals surface area contributed by atoms with Gasteiger partial charge in [0.15, 0.2) is 0 Å². The van der Waals surface area contributed by atoms with Crippen molar-refractivity contribution >= 4 is 45.9 Å². The van der Waals surface area contributed by atoms with Crippen LogP contribution >= 0.6 is 23.2 Å². The van der Waals surface area contributed by atoms with Gasteiger partial charge in [0.2, 0.25) is 11.8 Å². The third-order valence-corrected chi connectivity index (χ3v) is 5.91. The highest BCUT2D eigenvalue weighted by Gasteiger charge is 2.22. The van der Waals surface area contributed by atoms with Crippen LogP contribution in [-0.2, 0) is 29.0 Å². The fourth-order valence-electron chi connectivity index (χ4n) is 3.68. The summed E-state index contributed by atoms with van der Waals surface area (Å²) < 4.78 is 0. The number of benzene rings is 3. The van der Waals surface area contributed by atoms with Gasteiger partial charge in [-0.2, -0.15) is 0 Å². The van der Waals surface area contributed by atoms with E-state index in [9.17, 15) is 9.59 Å². The van der Waals surface area contributed by atoms with E-state index in [0.29, 0.717) is 23.0 Å². The Morgan fingerprint density at radius 2 is 1.48 bits per heavy atom. The Kier molecular flexibility index (Phi) is 7.33. The van der Waals surface area contributed by atoms with Gasteiger partial charge in [0.1, 0.15) is 6.04 Å². The number of aromatic amines is 1. The smallest absolute Gasteiger partial charge is 0.243 e. The van der Waals surface area contributed by atoms with E-state index in [-0.39, 0.29) is 18.2 Å². The van der Waals surface area contributed by atoms with Crippen molar-refractivity contribution in [3.05, 3.63) is 106 Å². The molecule has 1 aromatic heterocycles. The molecule has 33 heavy (non-hydrogen) atoms. The zero-order chi connectivity index (χ0) is 23.2. The topological polar surface area (TPSA) is 74.0 Å². The normalized spacial score (nSPS) is 11.8. The quantitative estimate of drug-likeness (QED) is 0.330. The van der Waals surface area contributed by atoms with Gasteiger partial charge in [-0.1, -0.05) is 65.7 Å². The second kappa shape index (κ2) is 10.6. The molecule has 1 heterocycles. The number of H-pyrrole nitrogens is 1. The standard InChI is InChI=1S/C26H23Cl2N3O2/c27-20-9-5-17(6-10-20)13-25(32)31-24(14-19-16-29-23-4-2-1-3-22(19)23)26(33)30-15-18-7-11-21(28)12-8-18/h1-12,16,24,29H,13-15H2,(H,30,33)(H,31,32). The fraction of sp³-hybridized carbons (Fsp3) is 0.154. The first-order valence-corrected chi connectivity index (χ1v) is 11.3. The van der Waals surface area contributed by atoms with Crippen LogP contribution in [0, 0.1) is 0 Å². The molecule has 0 radical (unpaired) electrons. The summed E-state index contributed by atoms with van der Waals surface area (Å²) in [5.41, 5.74) is 3.69. The molecule has 7 heteroatoms. The molecule has 0 saturated carbocycles. The minimum absolute atomic E-state index is 0.159. The summed E-state index contributed by atoms with van der Waals surface area (Å²) in [6, 6.07) is 21.5. The number of para-hydroxylation sites is 1. The van der Waals surface area contributed by atoms with E-state index < -0.39 is 6.04 Å². The van der Waals surface area contributed by atoms with Gasteiger partial charge >= 0.3 is 0 Å². The maximum absolute atomic E-state index is 13.1. The molecule has 0 aliphatic rings. The number of fused-ring (bicyclic) bond motifs is 1. The predicted octanol–water partition coefficient (Wildman–Crippen LogP) is 5.06. The summed E-state index contributed by atoms with van der Waals surface area (Å²) in [7, 11) is 0. The zero-order valence-electron chi connectivity index (χ0n) is 17.8. The molecule has 0 saturated heterocycles. The van der Waals surface area contributed by atoms with Crippen molar-refractivity contribution in [2.24, 2.45) is 0 Å². The molecular weight excluding hydrogens is 457 g/mol. The van der Waals surface area contributed by atoms with Gasteiger partial charge in [-0.15, -0.1) is 0 Å². The average Bonchev–Trinajstić information content (AvgIpc) is 3.22. The van der Waals surface area contributed by atoms with Crippen molar-refractivity contribution in [3.8, 4) is 0 Å². The fourth-order valence-corrected chi connectivity index (χ4v) is 3.93. The highest BCUT2D eigenvalue weighted by atomic mass is 35.5. The molecule has 0 fully saturated rings. The van der Waals surface area contributed by atoms with E-state index >= 15 is 0 Å². The first-order chi connectivity index (χ1) is 16.0. The van der Waals surface area contributed by atoms with Crippen LogP contribution in [0.25, 0.3) is 10.9 Å². The Hall–Kier alpha value is -3.28. The number of halogens is 2. The Morgan fingerprint density at radius 3 is 2.18 bits per heavy atom. The minimum Gasteiger partial charge on any atom is -0.361 e. The molecular formula is C26H23Cl2N3O2. The number of amides is 2. The Balaban J connectivity index is 1.48. The minimum atomic E-state index is -0.726. The molecule has 0 aliphatic carbocycles. The lowest BCUT2D eigenvalue weighted by atomic mass is 10.0. The van der Waals surface area contributed by atoms with E-state index in [4.69, 9.17) is 23.2 Å². The van der Waals surface area contributed by atoms with Crippen LogP contribution < -0.4 is 10.6 Å². The molecule has 3 aromatic carbocycles. The Morgan fingerprint density at radius 1 is 0.848 bits per heavy atom. The number of carbonyl (C=O) groups is 2. The molecule has 4 aromatic rings. The van der Waals surface area contributed by atoms with Crippen LogP contribution in [0.4, 0.5) is 0 Å². The molecule has 1 unspecified atom stereocenters. The van der Waals surface area contributed by atoms with Crippen LogP contribution in [-0.4, -0.2) is 22.8 Å². The third-order valence-electron chi connectivity index (χ3n) is 5.41. The lowest BCUT2D eigenvalue weighted by Gasteiger charge is -2.19. The summed E-state index contributed by atoms with van der Waals surface area (Å²) >= 11 is 11.9. The van der Waals surface area contributed by atoms with Gasteiger partial charge in [0.05, 0.1) is 6.42 Å². The Bertz CT molecular complexity index is 1250. The maximum atomic E-state index is 13.1. The molecule has 4 rings (SSSR count). The molecule has 0 spiro atoms. The van der Waals surface area contributed by atoms with E-state index in [2.05, 4.69) is 15.6 Å². The summed E-state index contributed by atoms with van der Waals surface area (Å²) in [4.78, 5) is 29.1. The van der Waals surface area contributed by atoms with E-state index in [1.165, 1.54) is 0 Å². The number of aromatic nitrogens is 1. The van der Waals surface area contributed by atoms with Gasteiger partial charge in [-0.25, -0.2) is 0 Å². The third kappa shape index (κ3) is 6.15. The number of carbonyl (C=O) groups excluding carboxylic acids is 2. The summed E-state index contributed by atoms with van der Waals surface area (Å²) in [6.45, 7) is 0.341. The predicted molar refractivity (Wildman–Crippen MR) is 132 cm³/mol. The average molecular weight is 480 g/mol. The van der Waals surface area contributed by atoms with Crippen molar-refractivity contribution in [3.63, 3.8) is 0 Å². The Labute approximate surface area is 202 Å². The summed E-state index contributed by atoms with van der Waals surface area (Å²) in [5, 5.41) is 8.11. The first kappa shape index (κ1) is 22.9. The number of nitrogens with one attached hydrogen (secondary N) is 3. The van der Waals surface area contributed by atoms with Crippen molar-refractivity contribution in [2.75, 3.05) is 0 Å².